The van der Waals surface area contributed by atoms with E-state index in [-0.39, 0.29) is 0 Å². The van der Waals surface area contributed by atoms with Crippen molar-refractivity contribution in [2.24, 2.45) is 7.05 Å². The molecule has 0 saturated heterocycles. The molecule has 102 valence electrons. The summed E-state index contributed by atoms with van der Waals surface area (Å²) in [6.07, 6.45) is 0.946. The van der Waals surface area contributed by atoms with Crippen molar-refractivity contribution in [3.8, 4) is 0 Å². The maximum atomic E-state index is 11.6. The van der Waals surface area contributed by atoms with Crippen molar-refractivity contribution < 1.29 is 9.90 Å². The monoisotopic (exact) mass is 259 g/mol. The summed E-state index contributed by atoms with van der Waals surface area (Å²) in [5, 5.41) is 10.6. The largest absolute Gasteiger partial charge is 0.481 e. The number of aliphatic carboxylic acids is 1. The van der Waals surface area contributed by atoms with E-state index in [1.54, 1.807) is 13.8 Å². The van der Waals surface area contributed by atoms with Crippen LogP contribution < -0.4 is 0 Å². The van der Waals surface area contributed by atoms with Gasteiger partial charge < -0.3 is 9.67 Å². The zero-order valence-electron chi connectivity index (χ0n) is 12.2. The van der Waals surface area contributed by atoms with Gasteiger partial charge in [-0.05, 0) is 38.3 Å². The SMILES string of the molecule is CCc1cccc2c(C(C)(C)C(=O)O)c(C)n(C)c12. The molecule has 2 rings (SSSR count). The maximum Gasteiger partial charge on any atom is 0.313 e. The lowest BCUT2D eigenvalue weighted by molar-refractivity contribution is -0.142. The second-order valence-electron chi connectivity index (χ2n) is 5.62. The summed E-state index contributed by atoms with van der Waals surface area (Å²) in [5.41, 5.74) is 3.49. The highest BCUT2D eigenvalue weighted by Crippen LogP contribution is 2.36. The molecular formula is C16H21NO2. The highest BCUT2D eigenvalue weighted by Gasteiger charge is 2.34. The molecule has 1 heterocycles. The Morgan fingerprint density at radius 3 is 2.53 bits per heavy atom. The van der Waals surface area contributed by atoms with Crippen LogP contribution in [-0.2, 0) is 23.7 Å². The van der Waals surface area contributed by atoms with Crippen molar-refractivity contribution in [2.45, 2.75) is 39.5 Å². The number of nitrogens with zero attached hydrogens (tertiary/aromatic N) is 1. The van der Waals surface area contributed by atoms with Gasteiger partial charge in [0.25, 0.3) is 0 Å². The van der Waals surface area contributed by atoms with Crippen LogP contribution in [0.1, 0.15) is 37.6 Å². The Kier molecular flexibility index (Phi) is 3.17. The summed E-state index contributed by atoms with van der Waals surface area (Å²) in [6.45, 7) is 7.67. The quantitative estimate of drug-likeness (QED) is 0.917. The van der Waals surface area contributed by atoms with Crippen LogP contribution in [0.5, 0.6) is 0 Å². The number of rotatable bonds is 3. The van der Waals surface area contributed by atoms with Crippen LogP contribution in [0.15, 0.2) is 18.2 Å². The molecule has 0 aliphatic rings. The van der Waals surface area contributed by atoms with Gasteiger partial charge in [0.2, 0.25) is 0 Å². The second kappa shape index (κ2) is 4.41. The number of hydrogen-bond donors (Lipinski definition) is 1. The minimum atomic E-state index is -0.879. The van der Waals surface area contributed by atoms with E-state index < -0.39 is 11.4 Å². The zero-order valence-corrected chi connectivity index (χ0v) is 12.2. The number of carboxylic acid groups (broad SMARTS) is 1. The van der Waals surface area contributed by atoms with Gasteiger partial charge in [-0.1, -0.05) is 25.1 Å². The first-order valence-corrected chi connectivity index (χ1v) is 6.63. The molecule has 0 saturated carbocycles. The van der Waals surface area contributed by atoms with Gasteiger partial charge >= 0.3 is 5.97 Å². The molecule has 3 heteroatoms. The Balaban J connectivity index is 2.91. The second-order valence-corrected chi connectivity index (χ2v) is 5.62. The average molecular weight is 259 g/mol. The third-order valence-electron chi connectivity index (χ3n) is 4.13. The number of aryl methyl sites for hydroxylation is 2. The summed E-state index contributed by atoms with van der Waals surface area (Å²) in [4.78, 5) is 11.6. The molecule has 0 amide bonds. The van der Waals surface area contributed by atoms with Gasteiger partial charge in [-0.3, -0.25) is 4.79 Å². The number of carboxylic acids is 1. The Bertz CT molecular complexity index is 650. The third-order valence-corrected chi connectivity index (χ3v) is 4.13. The molecule has 2 aromatic rings. The number of benzene rings is 1. The number of para-hydroxylation sites is 1. The summed E-state index contributed by atoms with van der Waals surface area (Å²) < 4.78 is 2.12. The fraction of sp³-hybridized carbons (Fsp3) is 0.438. The highest BCUT2D eigenvalue weighted by molar-refractivity contribution is 5.94. The molecule has 0 spiro atoms. The van der Waals surface area contributed by atoms with E-state index in [0.29, 0.717) is 0 Å². The Hall–Kier alpha value is -1.77. The fourth-order valence-corrected chi connectivity index (χ4v) is 2.90. The highest BCUT2D eigenvalue weighted by atomic mass is 16.4. The lowest BCUT2D eigenvalue weighted by atomic mass is 9.82. The standard InChI is InChI=1S/C16H21NO2/c1-6-11-8-7-9-12-13(16(3,4)15(18)19)10(2)17(5)14(11)12/h7-9H,6H2,1-5H3,(H,18,19). The molecule has 0 aliphatic carbocycles. The molecule has 0 unspecified atom stereocenters. The minimum Gasteiger partial charge on any atom is -0.481 e. The molecule has 0 radical (unpaired) electrons. The zero-order chi connectivity index (χ0) is 14.4. The molecule has 19 heavy (non-hydrogen) atoms. The molecule has 3 nitrogen and oxygen atoms in total. The number of hydrogen-bond acceptors (Lipinski definition) is 1. The van der Waals surface area contributed by atoms with Crippen LogP contribution in [0.25, 0.3) is 10.9 Å². The van der Waals surface area contributed by atoms with Crippen LogP contribution in [-0.4, -0.2) is 15.6 Å². The van der Waals surface area contributed by atoms with E-state index in [1.807, 2.05) is 26.1 Å². The average Bonchev–Trinajstić information content (AvgIpc) is 2.62. The van der Waals surface area contributed by atoms with Crippen LogP contribution in [0, 0.1) is 6.92 Å². The summed E-state index contributed by atoms with van der Waals surface area (Å²) in [5.74, 6) is -0.787. The third kappa shape index (κ3) is 1.84. The first-order valence-electron chi connectivity index (χ1n) is 6.63. The van der Waals surface area contributed by atoms with Gasteiger partial charge in [0.05, 0.1) is 10.9 Å². The fourth-order valence-electron chi connectivity index (χ4n) is 2.90. The van der Waals surface area contributed by atoms with Gasteiger partial charge in [-0.15, -0.1) is 0 Å². The molecule has 0 fully saturated rings. The lowest BCUT2D eigenvalue weighted by Crippen LogP contribution is -2.29. The molecule has 0 atom stereocenters. The number of carbonyl (C=O) groups is 1. The van der Waals surface area contributed by atoms with E-state index in [0.717, 1.165) is 28.6 Å². The summed E-state index contributed by atoms with van der Waals surface area (Å²) >= 11 is 0. The van der Waals surface area contributed by atoms with Gasteiger partial charge in [0, 0.05) is 18.1 Å². The lowest BCUT2D eigenvalue weighted by Gasteiger charge is -2.20. The van der Waals surface area contributed by atoms with E-state index >= 15 is 0 Å². The van der Waals surface area contributed by atoms with Gasteiger partial charge in [0.1, 0.15) is 0 Å². The molecule has 0 bridgehead atoms. The van der Waals surface area contributed by atoms with E-state index in [2.05, 4.69) is 17.6 Å². The topological polar surface area (TPSA) is 42.2 Å². The smallest absolute Gasteiger partial charge is 0.313 e. The molecule has 0 aliphatic heterocycles. The van der Waals surface area contributed by atoms with Crippen molar-refractivity contribution in [1.82, 2.24) is 4.57 Å². The predicted molar refractivity (Wildman–Crippen MR) is 77.7 cm³/mol. The molecular weight excluding hydrogens is 238 g/mol. The van der Waals surface area contributed by atoms with Gasteiger partial charge in [-0.2, -0.15) is 0 Å². The van der Waals surface area contributed by atoms with Crippen molar-refractivity contribution in [1.29, 1.82) is 0 Å². The summed E-state index contributed by atoms with van der Waals surface area (Å²) in [7, 11) is 2.01. The van der Waals surface area contributed by atoms with Gasteiger partial charge in [-0.25, -0.2) is 0 Å². The minimum absolute atomic E-state index is 0.787. The van der Waals surface area contributed by atoms with Gasteiger partial charge in [0.15, 0.2) is 0 Å². The number of fused-ring (bicyclic) bond motifs is 1. The molecule has 1 aromatic carbocycles. The summed E-state index contributed by atoms with van der Waals surface area (Å²) in [6, 6.07) is 6.16. The van der Waals surface area contributed by atoms with E-state index in [9.17, 15) is 9.90 Å². The Morgan fingerprint density at radius 2 is 2.00 bits per heavy atom. The van der Waals surface area contributed by atoms with Crippen LogP contribution in [0.3, 0.4) is 0 Å². The van der Waals surface area contributed by atoms with Crippen LogP contribution in [0.2, 0.25) is 0 Å². The van der Waals surface area contributed by atoms with E-state index in [4.69, 9.17) is 0 Å². The van der Waals surface area contributed by atoms with Crippen molar-refractivity contribution >= 4 is 16.9 Å². The normalized spacial score (nSPS) is 12.1. The Morgan fingerprint density at radius 1 is 1.37 bits per heavy atom. The predicted octanol–water partition coefficient (Wildman–Crippen LogP) is 3.41. The first-order chi connectivity index (χ1) is 8.82. The maximum absolute atomic E-state index is 11.6. The van der Waals surface area contributed by atoms with Crippen molar-refractivity contribution in [3.05, 3.63) is 35.0 Å². The van der Waals surface area contributed by atoms with E-state index in [1.165, 1.54) is 5.56 Å². The Labute approximate surface area is 113 Å². The van der Waals surface area contributed by atoms with Crippen molar-refractivity contribution in [3.63, 3.8) is 0 Å². The molecule has 1 N–H and O–H groups in total. The first kappa shape index (κ1) is 13.7. The van der Waals surface area contributed by atoms with Crippen LogP contribution in [0.4, 0.5) is 0 Å². The number of aromatic nitrogens is 1. The van der Waals surface area contributed by atoms with Crippen LogP contribution >= 0.6 is 0 Å². The molecule has 1 aromatic heterocycles. The van der Waals surface area contributed by atoms with Crippen molar-refractivity contribution in [2.75, 3.05) is 0 Å².